The predicted molar refractivity (Wildman–Crippen MR) is 95.7 cm³/mol. The number of primary amides is 1. The van der Waals surface area contributed by atoms with Crippen LogP contribution >= 0.6 is 0 Å². The van der Waals surface area contributed by atoms with Crippen LogP contribution in [0.4, 0.5) is 10.6 Å². The lowest BCUT2D eigenvalue weighted by Gasteiger charge is -2.36. The van der Waals surface area contributed by atoms with Crippen LogP contribution < -0.4 is 16.0 Å². The van der Waals surface area contributed by atoms with Gasteiger partial charge in [0.2, 0.25) is 5.91 Å². The fraction of sp³-hybridized carbons (Fsp3) is 0.529. The molecule has 3 rings (SSSR count). The zero-order valence-corrected chi connectivity index (χ0v) is 14.9. The second kappa shape index (κ2) is 7.59. The number of aromatic nitrogens is 1. The van der Waals surface area contributed by atoms with Crippen molar-refractivity contribution >= 4 is 23.7 Å². The fourth-order valence-electron chi connectivity index (χ4n) is 3.40. The van der Waals surface area contributed by atoms with Gasteiger partial charge in [0.1, 0.15) is 5.82 Å². The van der Waals surface area contributed by atoms with E-state index in [1.165, 1.54) is 0 Å². The largest absolute Gasteiger partial charge is 0.365 e. The number of anilines is 1. The Labute approximate surface area is 152 Å². The molecule has 2 aliphatic heterocycles. The van der Waals surface area contributed by atoms with Crippen LogP contribution in [0.2, 0.25) is 0 Å². The lowest BCUT2D eigenvalue weighted by molar-refractivity contribution is -0.127. The number of hydrogen-bond acceptors (Lipinski definition) is 5. The van der Waals surface area contributed by atoms with Crippen LogP contribution in [-0.4, -0.2) is 77.9 Å². The summed E-state index contributed by atoms with van der Waals surface area (Å²) in [5.74, 6) is 0.122. The average molecular weight is 360 g/mol. The number of nitrogens with two attached hydrogens (primary N) is 1. The molecule has 0 saturated carbocycles. The third kappa shape index (κ3) is 3.71. The number of pyridine rings is 1. The zero-order chi connectivity index (χ0) is 18.7. The molecule has 2 saturated heterocycles. The highest BCUT2D eigenvalue weighted by Crippen LogP contribution is 2.19. The Morgan fingerprint density at radius 3 is 2.65 bits per heavy atom. The van der Waals surface area contributed by atoms with E-state index in [2.05, 4.69) is 10.3 Å². The van der Waals surface area contributed by atoms with Gasteiger partial charge in [-0.25, -0.2) is 9.78 Å². The third-order valence-electron chi connectivity index (χ3n) is 4.84. The van der Waals surface area contributed by atoms with Gasteiger partial charge < -0.3 is 25.8 Å². The highest BCUT2D eigenvalue weighted by Gasteiger charge is 2.31. The van der Waals surface area contributed by atoms with E-state index in [1.54, 1.807) is 28.1 Å². The summed E-state index contributed by atoms with van der Waals surface area (Å²) in [6.07, 6.45) is 1.98. The maximum absolute atomic E-state index is 12.5. The molecule has 1 aromatic heterocycles. The van der Waals surface area contributed by atoms with Crippen LogP contribution in [0.15, 0.2) is 18.3 Å². The van der Waals surface area contributed by atoms with E-state index >= 15 is 0 Å². The molecule has 0 aliphatic carbocycles. The van der Waals surface area contributed by atoms with Gasteiger partial charge in [-0.15, -0.1) is 0 Å². The van der Waals surface area contributed by atoms with Crippen molar-refractivity contribution in [2.75, 3.05) is 44.2 Å². The number of piperazine rings is 1. The van der Waals surface area contributed by atoms with Crippen molar-refractivity contribution < 1.29 is 14.4 Å². The normalized spacial score (nSPS) is 20.4. The average Bonchev–Trinajstić information content (AvgIpc) is 3.01. The molecule has 0 bridgehead atoms. The van der Waals surface area contributed by atoms with Crippen LogP contribution in [0.3, 0.4) is 0 Å². The molecule has 140 valence electrons. The maximum atomic E-state index is 12.5. The molecular formula is C17H24N6O3. The molecule has 2 fully saturated rings. The number of likely N-dealkylation sites (tertiary alicyclic amines) is 1. The van der Waals surface area contributed by atoms with Gasteiger partial charge in [-0.2, -0.15) is 0 Å². The summed E-state index contributed by atoms with van der Waals surface area (Å²) in [6.45, 7) is 5.31. The molecular weight excluding hydrogens is 336 g/mol. The first kappa shape index (κ1) is 18.0. The Kier molecular flexibility index (Phi) is 5.24. The van der Waals surface area contributed by atoms with Crippen molar-refractivity contribution in [2.45, 2.75) is 19.4 Å². The van der Waals surface area contributed by atoms with Gasteiger partial charge in [0, 0.05) is 51.9 Å². The summed E-state index contributed by atoms with van der Waals surface area (Å²) in [4.78, 5) is 45.5. The van der Waals surface area contributed by atoms with Crippen molar-refractivity contribution in [2.24, 2.45) is 5.73 Å². The fourth-order valence-corrected chi connectivity index (χ4v) is 3.40. The smallest absolute Gasteiger partial charge is 0.317 e. The first-order valence-electron chi connectivity index (χ1n) is 8.82. The summed E-state index contributed by atoms with van der Waals surface area (Å²) in [6, 6.07) is 3.04. The van der Waals surface area contributed by atoms with Gasteiger partial charge in [0.15, 0.2) is 0 Å². The molecule has 9 heteroatoms. The van der Waals surface area contributed by atoms with Crippen molar-refractivity contribution in [3.05, 3.63) is 23.9 Å². The summed E-state index contributed by atoms with van der Waals surface area (Å²) >= 11 is 0. The Morgan fingerprint density at radius 2 is 2.04 bits per heavy atom. The third-order valence-corrected chi connectivity index (χ3v) is 4.84. The predicted octanol–water partition coefficient (Wildman–Crippen LogP) is -0.367. The summed E-state index contributed by atoms with van der Waals surface area (Å²) in [5.41, 5.74) is 5.79. The van der Waals surface area contributed by atoms with E-state index in [1.807, 2.05) is 11.8 Å². The molecule has 0 unspecified atom stereocenters. The minimum atomic E-state index is -0.514. The van der Waals surface area contributed by atoms with Gasteiger partial charge in [0.25, 0.3) is 5.91 Å². The minimum absolute atomic E-state index is 0.0803. The first-order valence-corrected chi connectivity index (χ1v) is 8.82. The van der Waals surface area contributed by atoms with E-state index in [0.717, 1.165) is 0 Å². The standard InChI is InChI=1S/C17H24N6O3/c1-2-21-11-12(10-14(21)24)20-17(26)23-8-6-22(7-9-23)16-13(15(18)25)4-3-5-19-16/h3-5,12H,2,6-11H2,1H3,(H2,18,25)(H,20,26)/t12-/m0/s1. The Bertz CT molecular complexity index is 701. The topological polar surface area (TPSA) is 112 Å². The highest BCUT2D eigenvalue weighted by atomic mass is 16.2. The van der Waals surface area contributed by atoms with E-state index in [9.17, 15) is 14.4 Å². The number of hydrogen-bond donors (Lipinski definition) is 2. The lowest BCUT2D eigenvalue weighted by atomic mass is 10.2. The number of amides is 4. The second-order valence-corrected chi connectivity index (χ2v) is 6.50. The van der Waals surface area contributed by atoms with Gasteiger partial charge in [-0.1, -0.05) is 0 Å². The number of carbonyl (C=O) groups is 3. The van der Waals surface area contributed by atoms with Crippen LogP contribution in [0, 0.1) is 0 Å². The van der Waals surface area contributed by atoms with Crippen LogP contribution in [0.5, 0.6) is 0 Å². The highest BCUT2D eigenvalue weighted by molar-refractivity contribution is 5.97. The quantitative estimate of drug-likeness (QED) is 0.761. The van der Waals surface area contributed by atoms with E-state index in [0.29, 0.717) is 57.1 Å². The van der Waals surface area contributed by atoms with Crippen LogP contribution in [0.25, 0.3) is 0 Å². The molecule has 0 spiro atoms. The molecule has 0 radical (unpaired) electrons. The number of nitrogens with one attached hydrogen (secondary N) is 1. The number of nitrogens with zero attached hydrogens (tertiary/aromatic N) is 4. The molecule has 1 aromatic rings. The summed E-state index contributed by atoms with van der Waals surface area (Å²) in [5, 5.41) is 2.94. The summed E-state index contributed by atoms with van der Waals surface area (Å²) in [7, 11) is 0. The number of carbonyl (C=O) groups excluding carboxylic acids is 3. The van der Waals surface area contributed by atoms with Crippen molar-refractivity contribution in [1.29, 1.82) is 0 Å². The van der Waals surface area contributed by atoms with Gasteiger partial charge >= 0.3 is 6.03 Å². The van der Waals surface area contributed by atoms with Crippen molar-refractivity contribution in [1.82, 2.24) is 20.1 Å². The number of likely N-dealkylation sites (N-methyl/N-ethyl adjacent to an activating group) is 1. The molecule has 26 heavy (non-hydrogen) atoms. The zero-order valence-electron chi connectivity index (χ0n) is 14.9. The molecule has 9 nitrogen and oxygen atoms in total. The Balaban J connectivity index is 1.55. The van der Waals surface area contributed by atoms with Crippen LogP contribution in [0.1, 0.15) is 23.7 Å². The van der Waals surface area contributed by atoms with E-state index in [4.69, 9.17) is 5.73 Å². The Hall–Kier alpha value is -2.84. The van der Waals surface area contributed by atoms with E-state index in [-0.39, 0.29) is 18.0 Å². The molecule has 3 N–H and O–H groups in total. The molecule has 4 amide bonds. The van der Waals surface area contributed by atoms with Gasteiger partial charge in [-0.3, -0.25) is 9.59 Å². The minimum Gasteiger partial charge on any atom is -0.365 e. The maximum Gasteiger partial charge on any atom is 0.317 e. The van der Waals surface area contributed by atoms with Crippen molar-refractivity contribution in [3.8, 4) is 0 Å². The van der Waals surface area contributed by atoms with Crippen molar-refractivity contribution in [3.63, 3.8) is 0 Å². The van der Waals surface area contributed by atoms with Gasteiger partial charge in [0.05, 0.1) is 11.6 Å². The molecule has 3 heterocycles. The second-order valence-electron chi connectivity index (χ2n) is 6.50. The SMILES string of the molecule is CCN1C[C@@H](NC(=O)N2CCN(c3ncccc3C(N)=O)CC2)CC1=O. The Morgan fingerprint density at radius 1 is 1.31 bits per heavy atom. The molecule has 0 aromatic carbocycles. The molecule has 2 aliphatic rings. The summed E-state index contributed by atoms with van der Waals surface area (Å²) < 4.78 is 0. The molecule has 1 atom stereocenters. The van der Waals surface area contributed by atoms with Gasteiger partial charge in [-0.05, 0) is 19.1 Å². The van der Waals surface area contributed by atoms with Crippen LogP contribution in [-0.2, 0) is 4.79 Å². The first-order chi connectivity index (χ1) is 12.5. The number of urea groups is 1. The van der Waals surface area contributed by atoms with E-state index < -0.39 is 5.91 Å². The monoisotopic (exact) mass is 360 g/mol. The number of rotatable bonds is 4. The lowest BCUT2D eigenvalue weighted by Crippen LogP contribution is -2.54.